The molecule has 0 saturated carbocycles. The van der Waals surface area contributed by atoms with Gasteiger partial charge in [-0.3, -0.25) is 0 Å². The van der Waals surface area contributed by atoms with Crippen LogP contribution in [-0.2, 0) is 11.3 Å². The molecule has 1 fully saturated rings. The van der Waals surface area contributed by atoms with Gasteiger partial charge < -0.3 is 10.1 Å². The van der Waals surface area contributed by atoms with E-state index in [0.717, 1.165) is 35.2 Å². The molecule has 2 rings (SSSR count). The highest BCUT2D eigenvalue weighted by atomic mass is 79.9. The monoisotopic (exact) mass is 331 g/mol. The molecular formula is C14H19BrClNO. The van der Waals surface area contributed by atoms with E-state index in [-0.39, 0.29) is 0 Å². The molecule has 1 aliphatic heterocycles. The molecule has 1 unspecified atom stereocenters. The first-order valence-corrected chi connectivity index (χ1v) is 7.59. The lowest BCUT2D eigenvalue weighted by Crippen LogP contribution is -2.36. The highest BCUT2D eigenvalue weighted by Crippen LogP contribution is 2.23. The summed E-state index contributed by atoms with van der Waals surface area (Å²) in [5.41, 5.74) is 1.25. The van der Waals surface area contributed by atoms with E-state index >= 15 is 0 Å². The number of benzene rings is 1. The molecule has 1 saturated heterocycles. The fraction of sp³-hybridized carbons (Fsp3) is 0.571. The molecule has 100 valence electrons. The Morgan fingerprint density at radius 3 is 2.83 bits per heavy atom. The Bertz CT molecular complexity index is 393. The topological polar surface area (TPSA) is 21.3 Å². The van der Waals surface area contributed by atoms with E-state index in [4.69, 9.17) is 16.3 Å². The molecule has 0 aromatic heterocycles. The first kappa shape index (κ1) is 14.3. The lowest BCUT2D eigenvalue weighted by Gasteiger charge is -2.28. The molecule has 0 bridgehead atoms. The van der Waals surface area contributed by atoms with Crippen molar-refractivity contribution in [1.82, 2.24) is 5.32 Å². The Morgan fingerprint density at radius 2 is 2.17 bits per heavy atom. The van der Waals surface area contributed by atoms with Crippen LogP contribution in [0.4, 0.5) is 0 Å². The number of rotatable bonds is 4. The number of hydrogen-bond acceptors (Lipinski definition) is 2. The first-order valence-electron chi connectivity index (χ1n) is 6.42. The molecule has 1 aromatic rings. The minimum atomic E-state index is 0.531. The molecule has 0 spiro atoms. The fourth-order valence-corrected chi connectivity index (χ4v) is 2.85. The van der Waals surface area contributed by atoms with Gasteiger partial charge >= 0.3 is 0 Å². The van der Waals surface area contributed by atoms with E-state index in [1.807, 2.05) is 6.07 Å². The van der Waals surface area contributed by atoms with Gasteiger partial charge in [0.25, 0.3) is 0 Å². The summed E-state index contributed by atoms with van der Waals surface area (Å²) in [5, 5.41) is 4.36. The van der Waals surface area contributed by atoms with E-state index in [9.17, 15) is 0 Å². The standard InChI is InChI=1S/C14H19BrClNO/c1-10(12-4-6-18-7-5-12)17-9-11-2-3-14(16)13(15)8-11/h2-3,8,10,12,17H,4-7,9H2,1H3. The van der Waals surface area contributed by atoms with Crippen LogP contribution in [0.3, 0.4) is 0 Å². The molecule has 4 heteroatoms. The number of halogens is 2. The maximum atomic E-state index is 5.98. The first-order chi connectivity index (χ1) is 8.66. The van der Waals surface area contributed by atoms with Crippen molar-refractivity contribution in [2.24, 2.45) is 5.92 Å². The second kappa shape index (κ2) is 6.90. The van der Waals surface area contributed by atoms with Crippen LogP contribution >= 0.6 is 27.5 Å². The third kappa shape index (κ3) is 3.95. The van der Waals surface area contributed by atoms with Gasteiger partial charge in [0.15, 0.2) is 0 Å². The second-order valence-electron chi connectivity index (χ2n) is 4.87. The van der Waals surface area contributed by atoms with Crippen molar-refractivity contribution in [3.05, 3.63) is 33.3 Å². The molecule has 1 aliphatic rings. The van der Waals surface area contributed by atoms with Gasteiger partial charge in [-0.2, -0.15) is 0 Å². The lowest BCUT2D eigenvalue weighted by atomic mass is 9.93. The van der Waals surface area contributed by atoms with E-state index in [2.05, 4.69) is 40.3 Å². The van der Waals surface area contributed by atoms with Crippen LogP contribution in [-0.4, -0.2) is 19.3 Å². The molecule has 0 radical (unpaired) electrons. The summed E-state index contributed by atoms with van der Waals surface area (Å²) in [5.74, 6) is 0.731. The van der Waals surface area contributed by atoms with Gasteiger partial charge in [0.2, 0.25) is 0 Å². The highest BCUT2D eigenvalue weighted by Gasteiger charge is 2.19. The van der Waals surface area contributed by atoms with Crippen molar-refractivity contribution in [2.75, 3.05) is 13.2 Å². The van der Waals surface area contributed by atoms with Crippen LogP contribution in [0, 0.1) is 5.92 Å². The normalized spacial score (nSPS) is 18.8. The average molecular weight is 333 g/mol. The van der Waals surface area contributed by atoms with Gasteiger partial charge in [-0.15, -0.1) is 0 Å². The summed E-state index contributed by atoms with van der Waals surface area (Å²) in [4.78, 5) is 0. The molecule has 1 N–H and O–H groups in total. The maximum absolute atomic E-state index is 5.98. The predicted octanol–water partition coefficient (Wildman–Crippen LogP) is 4.01. The van der Waals surface area contributed by atoms with Crippen LogP contribution in [0.2, 0.25) is 5.02 Å². The molecule has 1 atom stereocenters. The van der Waals surface area contributed by atoms with Crippen LogP contribution < -0.4 is 5.32 Å². The Hall–Kier alpha value is -0.0900. The van der Waals surface area contributed by atoms with Crippen LogP contribution in [0.15, 0.2) is 22.7 Å². The van der Waals surface area contributed by atoms with Crippen LogP contribution in [0.25, 0.3) is 0 Å². The fourth-order valence-electron chi connectivity index (χ4n) is 2.31. The molecular weight excluding hydrogens is 314 g/mol. The van der Waals surface area contributed by atoms with Crippen LogP contribution in [0.5, 0.6) is 0 Å². The lowest BCUT2D eigenvalue weighted by molar-refractivity contribution is 0.0558. The molecule has 18 heavy (non-hydrogen) atoms. The maximum Gasteiger partial charge on any atom is 0.0548 e. The van der Waals surface area contributed by atoms with E-state index < -0.39 is 0 Å². The average Bonchev–Trinajstić information content (AvgIpc) is 2.41. The third-order valence-electron chi connectivity index (χ3n) is 3.59. The van der Waals surface area contributed by atoms with Gasteiger partial charge in [0.1, 0.15) is 0 Å². The van der Waals surface area contributed by atoms with Gasteiger partial charge in [0.05, 0.1) is 5.02 Å². The summed E-state index contributed by atoms with van der Waals surface area (Å²) in [6.45, 7) is 4.96. The van der Waals surface area contributed by atoms with Gasteiger partial charge in [0, 0.05) is 30.3 Å². The highest BCUT2D eigenvalue weighted by molar-refractivity contribution is 9.10. The summed E-state index contributed by atoms with van der Waals surface area (Å²) >= 11 is 9.44. The minimum Gasteiger partial charge on any atom is -0.381 e. The Morgan fingerprint density at radius 1 is 1.44 bits per heavy atom. The SMILES string of the molecule is CC(NCc1ccc(Cl)c(Br)c1)C1CCOCC1. The quantitative estimate of drug-likeness (QED) is 0.899. The Labute approximate surface area is 122 Å². The largest absolute Gasteiger partial charge is 0.381 e. The van der Waals surface area contributed by atoms with Gasteiger partial charge in [-0.25, -0.2) is 0 Å². The van der Waals surface area contributed by atoms with E-state index in [1.165, 1.54) is 18.4 Å². The van der Waals surface area contributed by atoms with E-state index in [1.54, 1.807) is 0 Å². The van der Waals surface area contributed by atoms with Crippen LogP contribution in [0.1, 0.15) is 25.3 Å². The number of nitrogens with one attached hydrogen (secondary N) is 1. The molecule has 2 nitrogen and oxygen atoms in total. The summed E-state index contributed by atoms with van der Waals surface area (Å²) in [7, 11) is 0. The molecule has 0 amide bonds. The van der Waals surface area contributed by atoms with E-state index in [0.29, 0.717) is 6.04 Å². The van der Waals surface area contributed by atoms with Crippen molar-refractivity contribution in [3.8, 4) is 0 Å². The van der Waals surface area contributed by atoms with Crippen molar-refractivity contribution >= 4 is 27.5 Å². The Balaban J connectivity index is 1.84. The summed E-state index contributed by atoms with van der Waals surface area (Å²) in [6.07, 6.45) is 2.33. The number of ether oxygens (including phenoxy) is 1. The summed E-state index contributed by atoms with van der Waals surface area (Å²) < 4.78 is 6.35. The number of hydrogen-bond donors (Lipinski definition) is 1. The zero-order valence-corrected chi connectivity index (χ0v) is 12.9. The van der Waals surface area contributed by atoms with Gasteiger partial charge in [-0.05, 0) is 59.3 Å². The van der Waals surface area contributed by atoms with Crippen molar-refractivity contribution in [3.63, 3.8) is 0 Å². The molecule has 0 aliphatic carbocycles. The van der Waals surface area contributed by atoms with Crippen molar-refractivity contribution in [1.29, 1.82) is 0 Å². The Kier molecular flexibility index (Phi) is 5.49. The minimum absolute atomic E-state index is 0.531. The second-order valence-corrected chi connectivity index (χ2v) is 6.13. The van der Waals surface area contributed by atoms with Crippen molar-refractivity contribution < 1.29 is 4.74 Å². The zero-order chi connectivity index (χ0) is 13.0. The predicted molar refractivity (Wildman–Crippen MR) is 79.0 cm³/mol. The zero-order valence-electron chi connectivity index (χ0n) is 10.6. The van der Waals surface area contributed by atoms with Gasteiger partial charge in [-0.1, -0.05) is 17.7 Å². The molecule has 1 aromatic carbocycles. The smallest absolute Gasteiger partial charge is 0.0548 e. The third-order valence-corrected chi connectivity index (χ3v) is 4.80. The summed E-state index contributed by atoms with van der Waals surface area (Å²) in [6, 6.07) is 6.60. The van der Waals surface area contributed by atoms with Crippen molar-refractivity contribution in [2.45, 2.75) is 32.4 Å². The molecule has 1 heterocycles.